The molecule has 0 aliphatic carbocycles. The van der Waals surface area contributed by atoms with Crippen LogP contribution in [0.2, 0.25) is 0 Å². The first-order valence-electron chi connectivity index (χ1n) is 11.2. The summed E-state index contributed by atoms with van der Waals surface area (Å²) in [6.45, 7) is 6.85. The average molecular weight is 476 g/mol. The fourth-order valence-electron chi connectivity index (χ4n) is 4.80. The topological polar surface area (TPSA) is 52.7 Å². The molecule has 1 N–H and O–H groups in total. The zero-order valence-electron chi connectivity index (χ0n) is 19.3. The van der Waals surface area contributed by atoms with Gasteiger partial charge in [0.1, 0.15) is 5.82 Å². The first kappa shape index (κ1) is 22.5. The summed E-state index contributed by atoms with van der Waals surface area (Å²) in [5.74, 6) is -0.572. The lowest BCUT2D eigenvalue weighted by Gasteiger charge is -2.33. The molecule has 0 radical (unpaired) electrons. The van der Waals surface area contributed by atoms with Gasteiger partial charge in [-0.3, -0.25) is 9.69 Å². The van der Waals surface area contributed by atoms with Crippen molar-refractivity contribution in [2.75, 3.05) is 16.8 Å². The molecule has 0 bridgehead atoms. The van der Waals surface area contributed by atoms with Crippen LogP contribution in [-0.2, 0) is 16.2 Å². The molecule has 34 heavy (non-hydrogen) atoms. The summed E-state index contributed by atoms with van der Waals surface area (Å²) in [7, 11) is 0. The summed E-state index contributed by atoms with van der Waals surface area (Å²) in [4.78, 5) is 30.0. The molecule has 1 atom stereocenters. The molecule has 1 unspecified atom stereocenters. The number of benzene rings is 3. The van der Waals surface area contributed by atoms with Crippen molar-refractivity contribution in [1.29, 1.82) is 0 Å². The Kier molecular flexibility index (Phi) is 5.40. The molecule has 3 aromatic carbocycles. The van der Waals surface area contributed by atoms with E-state index in [2.05, 4.69) is 5.32 Å². The number of aryl methyl sites for hydroxylation is 1. The number of nitrogens with one attached hydrogen (secondary N) is 1. The van der Waals surface area contributed by atoms with Crippen LogP contribution < -0.4 is 10.2 Å². The number of carbonyl (C=O) groups excluding carboxylic acids is 2. The van der Waals surface area contributed by atoms with Crippen LogP contribution in [-0.4, -0.2) is 28.1 Å². The molecular formula is C27H26FN3O2S. The number of urea groups is 1. The van der Waals surface area contributed by atoms with Crippen molar-refractivity contribution in [2.45, 2.75) is 36.9 Å². The first-order valence-corrected chi connectivity index (χ1v) is 12.0. The van der Waals surface area contributed by atoms with Gasteiger partial charge in [0.25, 0.3) is 5.91 Å². The third kappa shape index (κ3) is 3.74. The molecule has 3 aromatic rings. The minimum Gasteiger partial charge on any atom is -0.308 e. The van der Waals surface area contributed by atoms with Gasteiger partial charge in [0.2, 0.25) is 0 Å². The number of hydrogen-bond acceptors (Lipinski definition) is 3. The van der Waals surface area contributed by atoms with Crippen LogP contribution in [0, 0.1) is 12.7 Å². The highest BCUT2D eigenvalue weighted by Crippen LogP contribution is 2.60. The summed E-state index contributed by atoms with van der Waals surface area (Å²) < 4.78 is 13.4. The molecule has 174 valence electrons. The zero-order chi connectivity index (χ0) is 24.1. The highest BCUT2D eigenvalue weighted by molar-refractivity contribution is 8.02. The van der Waals surface area contributed by atoms with E-state index in [0.717, 1.165) is 22.4 Å². The largest absolute Gasteiger partial charge is 0.323 e. The van der Waals surface area contributed by atoms with Crippen molar-refractivity contribution in [3.05, 3.63) is 95.3 Å². The van der Waals surface area contributed by atoms with E-state index in [1.54, 1.807) is 21.9 Å². The lowest BCUT2D eigenvalue weighted by molar-refractivity contribution is -0.123. The van der Waals surface area contributed by atoms with Crippen LogP contribution in [0.25, 0.3) is 0 Å². The molecule has 2 aliphatic heterocycles. The van der Waals surface area contributed by atoms with Gasteiger partial charge in [0, 0.05) is 22.5 Å². The van der Waals surface area contributed by atoms with Gasteiger partial charge < -0.3 is 10.2 Å². The Morgan fingerprint density at radius 2 is 1.82 bits per heavy atom. The summed E-state index contributed by atoms with van der Waals surface area (Å²) in [6, 6.07) is 21.2. The number of halogens is 1. The minimum atomic E-state index is -1.20. The maximum Gasteiger partial charge on any atom is 0.323 e. The van der Waals surface area contributed by atoms with Gasteiger partial charge in [-0.1, -0.05) is 54.1 Å². The number of amides is 3. The van der Waals surface area contributed by atoms with Crippen molar-refractivity contribution in [3.8, 4) is 0 Å². The molecule has 2 heterocycles. The summed E-state index contributed by atoms with van der Waals surface area (Å²) in [5.41, 5.74) is 4.01. The quantitative estimate of drug-likeness (QED) is 0.514. The number of hydrogen-bond donors (Lipinski definition) is 1. The van der Waals surface area contributed by atoms with Gasteiger partial charge in [-0.15, -0.1) is 11.8 Å². The average Bonchev–Trinajstić information content (AvgIpc) is 3.21. The molecule has 0 aromatic heterocycles. The number of carbonyl (C=O) groups is 2. The molecular weight excluding hydrogens is 449 g/mol. The summed E-state index contributed by atoms with van der Waals surface area (Å²) >= 11 is 1.50. The number of thioether (sulfide) groups is 1. The lowest BCUT2D eigenvalue weighted by atomic mass is 10.0. The van der Waals surface area contributed by atoms with Gasteiger partial charge >= 0.3 is 6.03 Å². The van der Waals surface area contributed by atoms with Gasteiger partial charge in [0.05, 0.1) is 12.2 Å². The molecule has 1 spiro atoms. The van der Waals surface area contributed by atoms with Crippen LogP contribution in [0.5, 0.6) is 0 Å². The van der Waals surface area contributed by atoms with Crippen LogP contribution in [0.4, 0.5) is 20.6 Å². The summed E-state index contributed by atoms with van der Waals surface area (Å²) in [6.07, 6.45) is 0. The number of fused-ring (bicyclic) bond motifs is 2. The van der Waals surface area contributed by atoms with E-state index in [0.29, 0.717) is 18.8 Å². The molecule has 1 fully saturated rings. The zero-order valence-corrected chi connectivity index (χ0v) is 20.2. The lowest BCUT2D eigenvalue weighted by Crippen LogP contribution is -2.51. The van der Waals surface area contributed by atoms with Crippen molar-refractivity contribution in [3.63, 3.8) is 0 Å². The highest BCUT2D eigenvalue weighted by atomic mass is 32.2. The normalized spacial score (nSPS) is 20.6. The molecule has 1 saturated heterocycles. The highest BCUT2D eigenvalue weighted by Gasteiger charge is 2.63. The SMILES string of the molecule is Cc1ccc2c(c1)C1(SC(C)(C)CN1C(=O)Nc1cccc(F)c1)C(=O)N2Cc1ccccc1. The van der Waals surface area contributed by atoms with Crippen LogP contribution >= 0.6 is 11.8 Å². The molecule has 7 heteroatoms. The van der Waals surface area contributed by atoms with Gasteiger partial charge in [-0.2, -0.15) is 0 Å². The maximum absolute atomic E-state index is 14.2. The molecule has 5 rings (SSSR count). The molecule has 3 amide bonds. The van der Waals surface area contributed by atoms with Crippen molar-refractivity contribution >= 4 is 35.1 Å². The number of anilines is 2. The Morgan fingerprint density at radius 3 is 2.56 bits per heavy atom. The Morgan fingerprint density at radius 1 is 1.06 bits per heavy atom. The fourth-order valence-corrected chi connectivity index (χ4v) is 6.52. The third-order valence-electron chi connectivity index (χ3n) is 6.19. The van der Waals surface area contributed by atoms with E-state index in [9.17, 15) is 14.0 Å². The van der Waals surface area contributed by atoms with Crippen LogP contribution in [0.3, 0.4) is 0 Å². The van der Waals surface area contributed by atoms with E-state index >= 15 is 0 Å². The van der Waals surface area contributed by atoms with Gasteiger partial charge in [-0.25, -0.2) is 9.18 Å². The number of nitrogens with zero attached hydrogens (tertiary/aromatic N) is 2. The predicted molar refractivity (Wildman–Crippen MR) is 134 cm³/mol. The van der Waals surface area contributed by atoms with Crippen LogP contribution in [0.15, 0.2) is 72.8 Å². The van der Waals surface area contributed by atoms with E-state index in [-0.39, 0.29) is 10.7 Å². The van der Waals surface area contributed by atoms with E-state index in [4.69, 9.17) is 0 Å². The van der Waals surface area contributed by atoms with E-state index in [1.165, 1.54) is 23.9 Å². The van der Waals surface area contributed by atoms with E-state index < -0.39 is 16.7 Å². The second-order valence-corrected chi connectivity index (χ2v) is 11.3. The van der Waals surface area contributed by atoms with Crippen molar-refractivity contribution < 1.29 is 14.0 Å². The predicted octanol–water partition coefficient (Wildman–Crippen LogP) is 5.89. The smallest absolute Gasteiger partial charge is 0.308 e. The molecule has 0 saturated carbocycles. The number of rotatable bonds is 3. The van der Waals surface area contributed by atoms with Crippen molar-refractivity contribution in [1.82, 2.24) is 4.90 Å². The Hall–Kier alpha value is -3.32. The maximum atomic E-state index is 14.2. The van der Waals surface area contributed by atoms with Gasteiger partial charge in [0.15, 0.2) is 4.87 Å². The standard InChI is InChI=1S/C27H26FN3O2S/c1-18-12-13-23-22(14-18)27(24(32)30(23)16-19-8-5-4-6-9-19)31(17-26(2,3)34-27)25(33)29-21-11-7-10-20(28)15-21/h4-15H,16-17H2,1-3H3,(H,29,33). The fraction of sp³-hybridized carbons (Fsp3) is 0.259. The second-order valence-electron chi connectivity index (χ2n) is 9.43. The molecule has 2 aliphatic rings. The monoisotopic (exact) mass is 475 g/mol. The Labute approximate surface area is 202 Å². The Balaban J connectivity index is 1.59. The van der Waals surface area contributed by atoms with Crippen molar-refractivity contribution in [2.24, 2.45) is 0 Å². The minimum absolute atomic E-state index is 0.137. The summed E-state index contributed by atoms with van der Waals surface area (Å²) in [5, 5.41) is 2.81. The second kappa shape index (κ2) is 8.17. The first-order chi connectivity index (χ1) is 16.2. The third-order valence-corrected chi connectivity index (χ3v) is 7.78. The molecule has 5 nitrogen and oxygen atoms in total. The van der Waals surface area contributed by atoms with Gasteiger partial charge in [-0.05, 0) is 50.6 Å². The van der Waals surface area contributed by atoms with Crippen LogP contribution in [0.1, 0.15) is 30.5 Å². The Bertz CT molecular complexity index is 1280. The van der Waals surface area contributed by atoms with E-state index in [1.807, 2.05) is 69.3 Å².